The molecule has 0 bridgehead atoms. The minimum Gasteiger partial charge on any atom is -0.352 e. The number of hydrogen-bond acceptors (Lipinski definition) is 3. The van der Waals surface area contributed by atoms with Crippen molar-refractivity contribution in [3.05, 3.63) is 71.0 Å². The van der Waals surface area contributed by atoms with E-state index >= 15 is 0 Å². The topological polar surface area (TPSA) is 61.4 Å². The first kappa shape index (κ1) is 23.5. The second-order valence-corrected chi connectivity index (χ2v) is 8.80. The van der Waals surface area contributed by atoms with E-state index < -0.39 is 6.04 Å². The van der Waals surface area contributed by atoms with Crippen molar-refractivity contribution in [3.8, 4) is 0 Å². The van der Waals surface area contributed by atoms with Crippen LogP contribution in [0.3, 0.4) is 0 Å². The Balaban J connectivity index is 1.95. The van der Waals surface area contributed by atoms with Crippen LogP contribution in [0.4, 0.5) is 4.39 Å². The van der Waals surface area contributed by atoms with Crippen LogP contribution in [0.25, 0.3) is 0 Å². The number of hydrogen-bond donors (Lipinski definition) is 2. The van der Waals surface area contributed by atoms with Crippen LogP contribution >= 0.6 is 0 Å². The highest BCUT2D eigenvalue weighted by molar-refractivity contribution is 5.97. The highest BCUT2D eigenvalue weighted by Crippen LogP contribution is 2.22. The summed E-state index contributed by atoms with van der Waals surface area (Å²) in [6.45, 7) is 8.28. The Morgan fingerprint density at radius 3 is 2.23 bits per heavy atom. The van der Waals surface area contributed by atoms with E-state index in [2.05, 4.69) is 31.4 Å². The zero-order chi connectivity index (χ0) is 22.5. The standard InChI is InChI=1S/C24H32FN3O2/c1-16(27-23(30)17-10-12-19(13-11-17)24(2,3)4)22(29)26-15-21(28(5)6)18-8-7-9-20(25)14-18/h7-14,16,21H,15H2,1-6H3,(H,26,29)(H,27,30). The van der Waals surface area contributed by atoms with Crippen LogP contribution in [0.2, 0.25) is 0 Å². The van der Waals surface area contributed by atoms with Crippen molar-refractivity contribution in [2.45, 2.75) is 45.2 Å². The number of benzene rings is 2. The first-order valence-electron chi connectivity index (χ1n) is 10.1. The molecule has 2 aromatic carbocycles. The normalized spacial score (nSPS) is 13.6. The maximum atomic E-state index is 13.6. The highest BCUT2D eigenvalue weighted by Gasteiger charge is 2.21. The summed E-state index contributed by atoms with van der Waals surface area (Å²) in [5.74, 6) is -0.908. The van der Waals surface area contributed by atoms with Gasteiger partial charge in [-0.15, -0.1) is 0 Å². The van der Waals surface area contributed by atoms with Gasteiger partial charge in [0.15, 0.2) is 0 Å². The van der Waals surface area contributed by atoms with Gasteiger partial charge >= 0.3 is 0 Å². The lowest BCUT2D eigenvalue weighted by atomic mass is 9.86. The van der Waals surface area contributed by atoms with E-state index in [0.29, 0.717) is 12.1 Å². The van der Waals surface area contributed by atoms with Crippen LogP contribution in [0, 0.1) is 5.82 Å². The third-order valence-corrected chi connectivity index (χ3v) is 5.08. The van der Waals surface area contributed by atoms with Crippen molar-refractivity contribution >= 4 is 11.8 Å². The van der Waals surface area contributed by atoms with E-state index in [1.165, 1.54) is 12.1 Å². The second kappa shape index (κ2) is 9.85. The molecule has 0 fully saturated rings. The molecule has 2 N–H and O–H groups in total. The second-order valence-electron chi connectivity index (χ2n) is 8.80. The molecule has 0 heterocycles. The maximum absolute atomic E-state index is 13.6. The van der Waals surface area contributed by atoms with Gasteiger partial charge in [0.25, 0.3) is 5.91 Å². The van der Waals surface area contributed by atoms with Crippen LogP contribution in [-0.4, -0.2) is 43.4 Å². The molecule has 2 atom stereocenters. The molecular weight excluding hydrogens is 381 g/mol. The van der Waals surface area contributed by atoms with Crippen molar-refractivity contribution in [1.29, 1.82) is 0 Å². The van der Waals surface area contributed by atoms with Crippen molar-refractivity contribution in [2.75, 3.05) is 20.6 Å². The number of carbonyl (C=O) groups excluding carboxylic acids is 2. The zero-order valence-corrected chi connectivity index (χ0v) is 18.6. The fourth-order valence-corrected chi connectivity index (χ4v) is 3.13. The number of rotatable bonds is 7. The Hall–Kier alpha value is -2.73. The molecule has 2 rings (SSSR count). The van der Waals surface area contributed by atoms with E-state index in [9.17, 15) is 14.0 Å². The van der Waals surface area contributed by atoms with Gasteiger partial charge in [-0.25, -0.2) is 4.39 Å². The number of nitrogens with one attached hydrogen (secondary N) is 2. The summed E-state index contributed by atoms with van der Waals surface area (Å²) in [6.07, 6.45) is 0. The van der Waals surface area contributed by atoms with E-state index in [4.69, 9.17) is 0 Å². The molecule has 0 saturated carbocycles. The summed E-state index contributed by atoms with van der Waals surface area (Å²) in [4.78, 5) is 26.9. The number of halogens is 1. The molecule has 0 radical (unpaired) electrons. The van der Waals surface area contributed by atoms with Gasteiger partial charge in [-0.1, -0.05) is 45.0 Å². The SMILES string of the molecule is CC(NC(=O)c1ccc(C(C)(C)C)cc1)C(=O)NCC(c1cccc(F)c1)N(C)C. The van der Waals surface area contributed by atoms with Gasteiger partial charge in [0.1, 0.15) is 11.9 Å². The molecule has 0 spiro atoms. The molecule has 0 aliphatic carbocycles. The highest BCUT2D eigenvalue weighted by atomic mass is 19.1. The quantitative estimate of drug-likeness (QED) is 0.728. The lowest BCUT2D eigenvalue weighted by molar-refractivity contribution is -0.122. The minimum absolute atomic E-state index is 0.00678. The van der Waals surface area contributed by atoms with Gasteiger partial charge in [0.2, 0.25) is 5.91 Å². The van der Waals surface area contributed by atoms with E-state index in [-0.39, 0.29) is 29.1 Å². The van der Waals surface area contributed by atoms with Crippen LogP contribution in [0.5, 0.6) is 0 Å². The van der Waals surface area contributed by atoms with Crippen molar-refractivity contribution in [1.82, 2.24) is 15.5 Å². The fourth-order valence-electron chi connectivity index (χ4n) is 3.13. The predicted molar refractivity (Wildman–Crippen MR) is 118 cm³/mol. The molecule has 30 heavy (non-hydrogen) atoms. The Labute approximate surface area is 178 Å². The number of likely N-dealkylation sites (N-methyl/N-ethyl adjacent to an activating group) is 1. The average molecular weight is 414 g/mol. The zero-order valence-electron chi connectivity index (χ0n) is 18.6. The minimum atomic E-state index is -0.699. The molecule has 6 heteroatoms. The van der Waals surface area contributed by atoms with Gasteiger partial charge in [-0.05, 0) is 61.8 Å². The Morgan fingerprint density at radius 1 is 1.07 bits per heavy atom. The van der Waals surface area contributed by atoms with Crippen LogP contribution in [0.15, 0.2) is 48.5 Å². The van der Waals surface area contributed by atoms with Crippen LogP contribution < -0.4 is 10.6 Å². The van der Waals surface area contributed by atoms with E-state index in [0.717, 1.165) is 11.1 Å². The van der Waals surface area contributed by atoms with Crippen LogP contribution in [0.1, 0.15) is 55.2 Å². The monoisotopic (exact) mass is 413 g/mol. The largest absolute Gasteiger partial charge is 0.352 e. The lowest BCUT2D eigenvalue weighted by Crippen LogP contribution is -2.46. The molecule has 0 aliphatic rings. The Morgan fingerprint density at radius 2 is 1.70 bits per heavy atom. The van der Waals surface area contributed by atoms with Gasteiger partial charge in [-0.3, -0.25) is 9.59 Å². The first-order valence-corrected chi connectivity index (χ1v) is 10.1. The van der Waals surface area contributed by atoms with E-state index in [1.54, 1.807) is 25.1 Å². The summed E-state index contributed by atoms with van der Waals surface area (Å²) in [5.41, 5.74) is 2.42. The first-order chi connectivity index (χ1) is 14.0. The van der Waals surface area contributed by atoms with Crippen LogP contribution in [-0.2, 0) is 10.2 Å². The summed E-state index contributed by atoms with van der Waals surface area (Å²) >= 11 is 0. The molecule has 0 aromatic heterocycles. The van der Waals surface area contributed by atoms with Gasteiger partial charge in [0, 0.05) is 12.1 Å². The van der Waals surface area contributed by atoms with Gasteiger partial charge < -0.3 is 15.5 Å². The Kier molecular flexibility index (Phi) is 7.73. The summed E-state index contributed by atoms with van der Waals surface area (Å²) in [6, 6.07) is 12.8. The Bertz CT molecular complexity index is 873. The van der Waals surface area contributed by atoms with Crippen molar-refractivity contribution in [3.63, 3.8) is 0 Å². The molecule has 2 aromatic rings. The summed E-state index contributed by atoms with van der Waals surface area (Å²) in [5, 5.41) is 5.58. The average Bonchev–Trinajstić information content (AvgIpc) is 2.67. The fraction of sp³-hybridized carbons (Fsp3) is 0.417. The van der Waals surface area contributed by atoms with Gasteiger partial charge in [0.05, 0.1) is 6.04 Å². The molecule has 0 saturated heterocycles. The predicted octanol–water partition coefficient (Wildman–Crippen LogP) is 3.66. The van der Waals surface area contributed by atoms with Crippen molar-refractivity contribution < 1.29 is 14.0 Å². The number of carbonyl (C=O) groups is 2. The third kappa shape index (κ3) is 6.39. The number of nitrogens with zero attached hydrogens (tertiary/aromatic N) is 1. The van der Waals surface area contributed by atoms with Gasteiger partial charge in [-0.2, -0.15) is 0 Å². The molecule has 2 amide bonds. The molecule has 5 nitrogen and oxygen atoms in total. The van der Waals surface area contributed by atoms with E-state index in [1.807, 2.05) is 37.2 Å². The lowest BCUT2D eigenvalue weighted by Gasteiger charge is -2.26. The van der Waals surface area contributed by atoms with Crippen molar-refractivity contribution in [2.24, 2.45) is 0 Å². The molecular formula is C24H32FN3O2. The summed E-state index contributed by atoms with van der Waals surface area (Å²) < 4.78 is 13.6. The summed E-state index contributed by atoms with van der Waals surface area (Å²) in [7, 11) is 3.74. The number of amides is 2. The molecule has 162 valence electrons. The maximum Gasteiger partial charge on any atom is 0.251 e. The molecule has 0 aliphatic heterocycles. The smallest absolute Gasteiger partial charge is 0.251 e. The third-order valence-electron chi connectivity index (χ3n) is 5.08. The molecule has 2 unspecified atom stereocenters.